The summed E-state index contributed by atoms with van der Waals surface area (Å²) in [4.78, 5) is 0. The fourth-order valence-corrected chi connectivity index (χ4v) is 3.28. The van der Waals surface area contributed by atoms with E-state index in [-0.39, 0.29) is 0 Å². The topological polar surface area (TPSA) is 0 Å². The lowest BCUT2D eigenvalue weighted by Crippen LogP contribution is -2.49. The quantitative estimate of drug-likeness (QED) is 0.568. The normalized spacial score (nSPS) is 37.4. The molecule has 2 atom stereocenters. The summed E-state index contributed by atoms with van der Waals surface area (Å²) in [6.45, 7) is 9.56. The molecule has 3 aliphatic carbocycles. The summed E-state index contributed by atoms with van der Waals surface area (Å²) in [5.74, 6) is 2.78. The molecule has 14 heavy (non-hydrogen) atoms. The molecule has 0 amide bonds. The third-order valence-electron chi connectivity index (χ3n) is 4.55. The largest absolute Gasteiger partial charge is 0.0848 e. The first-order valence-electron chi connectivity index (χ1n) is 6.20. The van der Waals surface area contributed by atoms with Gasteiger partial charge in [0.2, 0.25) is 0 Å². The molecular weight excluding hydrogens is 168 g/mol. The van der Waals surface area contributed by atoms with Crippen molar-refractivity contribution < 1.29 is 0 Å². The predicted molar refractivity (Wildman–Crippen MR) is 62.2 cm³/mol. The Hall–Kier alpha value is -0.260. The monoisotopic (exact) mass is 192 g/mol. The Morgan fingerprint density at radius 1 is 1.43 bits per heavy atom. The van der Waals surface area contributed by atoms with Crippen molar-refractivity contribution in [1.82, 2.24) is 0 Å². The molecule has 0 saturated heterocycles. The Morgan fingerprint density at radius 2 is 2.14 bits per heavy atom. The van der Waals surface area contributed by atoms with Gasteiger partial charge >= 0.3 is 0 Å². The van der Waals surface area contributed by atoms with Gasteiger partial charge in [0, 0.05) is 0 Å². The third kappa shape index (κ3) is 1.53. The molecule has 0 N–H and O–H groups in total. The molecular formula is C14H24. The third-order valence-corrected chi connectivity index (χ3v) is 4.55. The Balaban J connectivity index is 2.04. The molecule has 0 nitrogen and oxygen atoms in total. The number of fused-ring (bicyclic) bond motifs is 2. The van der Waals surface area contributed by atoms with Gasteiger partial charge in [0.05, 0.1) is 0 Å². The summed E-state index contributed by atoms with van der Waals surface area (Å²) < 4.78 is 0. The Labute approximate surface area is 88.8 Å². The molecule has 80 valence electrons. The molecule has 0 aromatic rings. The molecule has 0 unspecified atom stereocenters. The maximum atomic E-state index is 2.55. The van der Waals surface area contributed by atoms with Crippen LogP contribution in [-0.4, -0.2) is 0 Å². The maximum Gasteiger partial charge on any atom is -0.0146 e. The van der Waals surface area contributed by atoms with Crippen LogP contribution in [0, 0.1) is 23.2 Å². The van der Waals surface area contributed by atoms with Gasteiger partial charge in [-0.05, 0) is 48.9 Å². The second kappa shape index (κ2) is 3.40. The van der Waals surface area contributed by atoms with E-state index in [1.165, 1.54) is 25.7 Å². The van der Waals surface area contributed by atoms with Crippen molar-refractivity contribution in [2.75, 3.05) is 0 Å². The number of rotatable bonds is 2. The molecule has 0 aromatic carbocycles. The van der Waals surface area contributed by atoms with Crippen molar-refractivity contribution in [2.45, 2.75) is 53.4 Å². The number of allylic oxidation sites excluding steroid dienone is 2. The second-order valence-corrected chi connectivity index (χ2v) is 6.25. The Morgan fingerprint density at radius 3 is 2.64 bits per heavy atom. The molecule has 3 saturated carbocycles. The van der Waals surface area contributed by atoms with Crippen LogP contribution in [0.15, 0.2) is 11.6 Å². The molecule has 0 aromatic heterocycles. The van der Waals surface area contributed by atoms with E-state index < -0.39 is 0 Å². The average molecular weight is 192 g/mol. The minimum Gasteiger partial charge on any atom is -0.0848 e. The van der Waals surface area contributed by atoms with Gasteiger partial charge in [-0.15, -0.1) is 0 Å². The first kappa shape index (κ1) is 10.3. The SMILES string of the molecule is CC(C)C/C=C1/CC[C@H]2C[C@@H]1C2(C)C. The van der Waals surface area contributed by atoms with Crippen LogP contribution in [-0.2, 0) is 0 Å². The molecule has 2 bridgehead atoms. The van der Waals surface area contributed by atoms with E-state index in [9.17, 15) is 0 Å². The van der Waals surface area contributed by atoms with Crippen LogP contribution in [0.1, 0.15) is 53.4 Å². The van der Waals surface area contributed by atoms with Gasteiger partial charge in [0.1, 0.15) is 0 Å². The van der Waals surface area contributed by atoms with Crippen LogP contribution in [0.4, 0.5) is 0 Å². The van der Waals surface area contributed by atoms with E-state index in [1.54, 1.807) is 5.57 Å². The summed E-state index contributed by atoms with van der Waals surface area (Å²) in [5.41, 5.74) is 2.41. The van der Waals surface area contributed by atoms with Crippen molar-refractivity contribution in [3.05, 3.63) is 11.6 Å². The van der Waals surface area contributed by atoms with Gasteiger partial charge < -0.3 is 0 Å². The smallest absolute Gasteiger partial charge is 0.0146 e. The highest BCUT2D eigenvalue weighted by molar-refractivity contribution is 5.21. The van der Waals surface area contributed by atoms with Crippen LogP contribution in [0.3, 0.4) is 0 Å². The molecule has 0 heteroatoms. The number of hydrogen-bond acceptors (Lipinski definition) is 0. The van der Waals surface area contributed by atoms with Crippen LogP contribution in [0.2, 0.25) is 0 Å². The van der Waals surface area contributed by atoms with E-state index in [4.69, 9.17) is 0 Å². The minimum atomic E-state index is 0.626. The van der Waals surface area contributed by atoms with E-state index in [0.717, 1.165) is 17.8 Å². The highest BCUT2D eigenvalue weighted by atomic mass is 14.6. The minimum absolute atomic E-state index is 0.626. The first-order chi connectivity index (χ1) is 6.51. The average Bonchev–Trinajstić information content (AvgIpc) is 2.14. The lowest BCUT2D eigenvalue weighted by Gasteiger charge is -2.58. The van der Waals surface area contributed by atoms with Crippen LogP contribution in [0.5, 0.6) is 0 Å². The fourth-order valence-electron chi connectivity index (χ4n) is 3.28. The highest BCUT2D eigenvalue weighted by Crippen LogP contribution is 2.61. The van der Waals surface area contributed by atoms with Crippen molar-refractivity contribution in [3.8, 4) is 0 Å². The van der Waals surface area contributed by atoms with Gasteiger partial charge in [0.15, 0.2) is 0 Å². The molecule has 3 aliphatic rings. The summed E-state index contributed by atoms with van der Waals surface area (Å²) in [6.07, 6.45) is 8.16. The van der Waals surface area contributed by atoms with Gasteiger partial charge in [-0.2, -0.15) is 0 Å². The first-order valence-corrected chi connectivity index (χ1v) is 6.20. The van der Waals surface area contributed by atoms with Gasteiger partial charge in [-0.1, -0.05) is 39.3 Å². The zero-order valence-electron chi connectivity index (χ0n) is 10.1. The summed E-state index contributed by atoms with van der Waals surface area (Å²) in [7, 11) is 0. The molecule has 0 heterocycles. The van der Waals surface area contributed by atoms with Crippen LogP contribution < -0.4 is 0 Å². The van der Waals surface area contributed by atoms with Gasteiger partial charge in [0.25, 0.3) is 0 Å². The Bertz CT molecular complexity index is 243. The standard InChI is InChI=1S/C14H24/c1-10(2)5-6-11-7-8-12-9-13(11)14(12,3)4/h6,10,12-13H,5,7-9H2,1-4H3/b11-6-/t12-,13-/m0/s1. The predicted octanol–water partition coefficient (Wildman–Crippen LogP) is 4.42. The van der Waals surface area contributed by atoms with Gasteiger partial charge in [-0.3, -0.25) is 0 Å². The zero-order valence-corrected chi connectivity index (χ0v) is 10.1. The van der Waals surface area contributed by atoms with Crippen molar-refractivity contribution in [2.24, 2.45) is 23.2 Å². The van der Waals surface area contributed by atoms with E-state index in [1.807, 2.05) is 0 Å². The molecule has 3 fully saturated rings. The summed E-state index contributed by atoms with van der Waals surface area (Å²) in [5, 5.41) is 0. The molecule has 0 spiro atoms. The van der Waals surface area contributed by atoms with Gasteiger partial charge in [-0.25, -0.2) is 0 Å². The lowest BCUT2D eigenvalue weighted by atomic mass is 9.47. The molecule has 0 aliphatic heterocycles. The van der Waals surface area contributed by atoms with Crippen molar-refractivity contribution in [1.29, 1.82) is 0 Å². The van der Waals surface area contributed by atoms with E-state index in [2.05, 4.69) is 33.8 Å². The fraction of sp³-hybridized carbons (Fsp3) is 0.857. The molecule has 0 radical (unpaired) electrons. The van der Waals surface area contributed by atoms with E-state index >= 15 is 0 Å². The van der Waals surface area contributed by atoms with Crippen molar-refractivity contribution >= 4 is 0 Å². The van der Waals surface area contributed by atoms with E-state index in [0.29, 0.717) is 5.41 Å². The summed E-state index contributed by atoms with van der Waals surface area (Å²) in [6, 6.07) is 0. The van der Waals surface area contributed by atoms with Crippen molar-refractivity contribution in [3.63, 3.8) is 0 Å². The highest BCUT2D eigenvalue weighted by Gasteiger charge is 2.51. The lowest BCUT2D eigenvalue weighted by molar-refractivity contribution is -0.0280. The van der Waals surface area contributed by atoms with Crippen LogP contribution in [0.25, 0.3) is 0 Å². The second-order valence-electron chi connectivity index (χ2n) is 6.25. The molecule has 3 rings (SSSR count). The van der Waals surface area contributed by atoms with Crippen LogP contribution >= 0.6 is 0 Å². The number of hydrogen-bond donors (Lipinski definition) is 0. The Kier molecular flexibility index (Phi) is 2.49. The zero-order chi connectivity index (χ0) is 10.3. The summed E-state index contributed by atoms with van der Waals surface area (Å²) >= 11 is 0. The maximum absolute atomic E-state index is 2.55.